The molecule has 39 heavy (non-hydrogen) atoms. The van der Waals surface area contributed by atoms with Crippen molar-refractivity contribution in [3.63, 3.8) is 0 Å². The van der Waals surface area contributed by atoms with Crippen molar-refractivity contribution in [3.8, 4) is 18.2 Å². The Balaban J connectivity index is 1.49. The van der Waals surface area contributed by atoms with Crippen LogP contribution in [0.5, 0.6) is 0 Å². The van der Waals surface area contributed by atoms with E-state index in [4.69, 9.17) is 10.8 Å². The summed E-state index contributed by atoms with van der Waals surface area (Å²) in [6, 6.07) is 3.17. The van der Waals surface area contributed by atoms with Gasteiger partial charge in [-0.3, -0.25) is 9.59 Å². The maximum atomic E-state index is 13.6. The minimum Gasteiger partial charge on any atom is -0.432 e. The van der Waals surface area contributed by atoms with Gasteiger partial charge in [-0.25, -0.2) is 13.4 Å². The molecule has 204 valence electrons. The molecule has 0 bridgehead atoms. The van der Waals surface area contributed by atoms with E-state index in [1.54, 1.807) is 24.1 Å². The Labute approximate surface area is 221 Å². The van der Waals surface area contributed by atoms with Crippen LogP contribution in [0.25, 0.3) is 5.82 Å². The summed E-state index contributed by atoms with van der Waals surface area (Å²) in [4.78, 5) is 37.5. The fourth-order valence-electron chi connectivity index (χ4n) is 4.64. The summed E-state index contributed by atoms with van der Waals surface area (Å²) in [5, 5.41) is 7.07. The van der Waals surface area contributed by atoms with Gasteiger partial charge in [0.1, 0.15) is 23.3 Å². The standard InChI is InChI=1S/C24H23F2N7O5S/c1-5-14-6-7-17(27-9-14)33-20(29-18(34)11-39(4,36)37)19-15(30-33)8-24(31(3)21(19)35)12-32(13-24)22-28-16(10-38-22)23(2,25)26/h1,6-7,9-10H,8,11-13H2,2-4H3,(H,29,34). The Bertz CT molecular complexity index is 1630. The van der Waals surface area contributed by atoms with Crippen LogP contribution in [0, 0.1) is 12.3 Å². The van der Waals surface area contributed by atoms with Crippen molar-refractivity contribution < 1.29 is 31.2 Å². The molecule has 12 nitrogen and oxygen atoms in total. The van der Waals surface area contributed by atoms with Gasteiger partial charge in [-0.2, -0.15) is 23.5 Å². The maximum absolute atomic E-state index is 13.6. The number of fused-ring (bicyclic) bond motifs is 1. The quantitative estimate of drug-likeness (QED) is 0.441. The molecule has 2 aliphatic heterocycles. The van der Waals surface area contributed by atoms with Crippen LogP contribution in [-0.4, -0.2) is 82.6 Å². The van der Waals surface area contributed by atoms with Crippen LogP contribution in [-0.2, 0) is 27.0 Å². The third kappa shape index (κ3) is 4.71. The van der Waals surface area contributed by atoms with Gasteiger partial charge in [-0.15, -0.1) is 6.42 Å². The molecule has 2 amide bonds. The molecule has 3 aromatic rings. The Morgan fingerprint density at radius 2 is 2.05 bits per heavy atom. The molecule has 0 atom stereocenters. The summed E-state index contributed by atoms with van der Waals surface area (Å²) in [5.74, 6) is -2.61. The highest BCUT2D eigenvalue weighted by Gasteiger charge is 2.54. The molecule has 1 spiro atoms. The predicted octanol–water partition coefficient (Wildman–Crippen LogP) is 1.22. The van der Waals surface area contributed by atoms with Gasteiger partial charge in [0.25, 0.3) is 17.8 Å². The molecule has 0 radical (unpaired) electrons. The Morgan fingerprint density at radius 3 is 2.62 bits per heavy atom. The second-order valence-corrected chi connectivity index (χ2v) is 11.9. The summed E-state index contributed by atoms with van der Waals surface area (Å²) >= 11 is 0. The number of terminal acetylenes is 1. The number of halogens is 2. The molecule has 5 heterocycles. The van der Waals surface area contributed by atoms with Crippen molar-refractivity contribution in [2.45, 2.75) is 24.8 Å². The molecule has 1 N–H and O–H groups in total. The summed E-state index contributed by atoms with van der Waals surface area (Å²) in [6.07, 6.45) is 8.90. The first kappa shape index (κ1) is 26.3. The number of carbonyl (C=O) groups excluding carboxylic acids is 2. The number of alkyl halides is 2. The van der Waals surface area contributed by atoms with Crippen LogP contribution < -0.4 is 10.2 Å². The van der Waals surface area contributed by atoms with Crippen LogP contribution in [0.4, 0.5) is 20.6 Å². The van der Waals surface area contributed by atoms with Gasteiger partial charge >= 0.3 is 0 Å². The number of carbonyl (C=O) groups is 2. The molecular formula is C24H23F2N7O5S. The minimum absolute atomic E-state index is 0.0147. The number of hydrogen-bond acceptors (Lipinski definition) is 9. The van der Waals surface area contributed by atoms with Crippen molar-refractivity contribution in [3.05, 3.63) is 47.1 Å². The summed E-state index contributed by atoms with van der Waals surface area (Å²) < 4.78 is 57.1. The highest BCUT2D eigenvalue weighted by Crippen LogP contribution is 2.41. The van der Waals surface area contributed by atoms with Gasteiger partial charge in [0.05, 0.1) is 11.2 Å². The van der Waals surface area contributed by atoms with E-state index in [1.165, 1.54) is 15.8 Å². The molecule has 2 aliphatic rings. The topological polar surface area (TPSA) is 144 Å². The summed E-state index contributed by atoms with van der Waals surface area (Å²) in [5.41, 5.74) is -0.302. The lowest BCUT2D eigenvalue weighted by molar-refractivity contribution is -0.113. The first-order chi connectivity index (χ1) is 18.2. The smallest absolute Gasteiger partial charge is 0.297 e. The third-order valence-electron chi connectivity index (χ3n) is 6.65. The van der Waals surface area contributed by atoms with E-state index in [1.807, 2.05) is 0 Å². The lowest BCUT2D eigenvalue weighted by atomic mass is 9.79. The van der Waals surface area contributed by atoms with E-state index < -0.39 is 44.6 Å². The van der Waals surface area contributed by atoms with Gasteiger partial charge < -0.3 is 19.5 Å². The molecule has 1 saturated heterocycles. The Kier molecular flexibility index (Phi) is 5.98. The van der Waals surface area contributed by atoms with Gasteiger partial charge in [-0.05, 0) is 12.1 Å². The van der Waals surface area contributed by atoms with Gasteiger partial charge in [0.15, 0.2) is 21.5 Å². The number of nitrogens with one attached hydrogen (secondary N) is 1. The van der Waals surface area contributed by atoms with Crippen molar-refractivity contribution in [2.24, 2.45) is 0 Å². The van der Waals surface area contributed by atoms with Crippen LogP contribution in [0.2, 0.25) is 0 Å². The first-order valence-corrected chi connectivity index (χ1v) is 13.7. The highest BCUT2D eigenvalue weighted by atomic mass is 32.2. The number of anilines is 2. The maximum Gasteiger partial charge on any atom is 0.297 e. The molecule has 0 aromatic carbocycles. The molecule has 3 aromatic heterocycles. The number of aromatic nitrogens is 4. The number of likely N-dealkylation sites (N-methyl/N-ethyl adjacent to an activating group) is 1. The zero-order chi connectivity index (χ0) is 28.3. The van der Waals surface area contributed by atoms with Crippen LogP contribution in [0.3, 0.4) is 0 Å². The fourth-order valence-corrected chi connectivity index (χ4v) is 5.19. The average molecular weight is 560 g/mol. The molecule has 1 fully saturated rings. The van der Waals surface area contributed by atoms with E-state index in [0.29, 0.717) is 11.3 Å². The Morgan fingerprint density at radius 1 is 1.33 bits per heavy atom. The molecule has 0 aliphatic carbocycles. The van der Waals surface area contributed by atoms with E-state index in [-0.39, 0.29) is 42.7 Å². The summed E-state index contributed by atoms with van der Waals surface area (Å²) in [6.45, 7) is 1.20. The van der Waals surface area contributed by atoms with E-state index in [9.17, 15) is 26.8 Å². The normalized spacial score (nSPS) is 16.6. The number of oxazole rings is 1. The molecule has 5 rings (SSSR count). The zero-order valence-corrected chi connectivity index (χ0v) is 21.9. The average Bonchev–Trinajstić information content (AvgIpc) is 3.44. The second-order valence-electron chi connectivity index (χ2n) is 9.77. The molecular weight excluding hydrogens is 536 g/mol. The number of sulfone groups is 1. The number of rotatable bonds is 6. The summed E-state index contributed by atoms with van der Waals surface area (Å²) in [7, 11) is -2.07. The SMILES string of the molecule is C#Cc1ccc(-n2nc3c(c2NC(=O)CS(C)(=O)=O)C(=O)N(C)C2(C3)CN(c3nc(C(C)(F)F)co3)C2)nc1. The van der Waals surface area contributed by atoms with E-state index in [2.05, 4.69) is 26.3 Å². The second kappa shape index (κ2) is 8.87. The van der Waals surface area contributed by atoms with Crippen molar-refractivity contribution in [2.75, 3.05) is 42.4 Å². The monoisotopic (exact) mass is 559 g/mol. The number of hydrogen-bond donors (Lipinski definition) is 1. The van der Waals surface area contributed by atoms with Crippen LogP contribution in [0.1, 0.15) is 34.2 Å². The van der Waals surface area contributed by atoms with Crippen LogP contribution in [0.15, 0.2) is 29.0 Å². The van der Waals surface area contributed by atoms with Crippen molar-refractivity contribution in [1.82, 2.24) is 24.6 Å². The largest absolute Gasteiger partial charge is 0.432 e. The first-order valence-electron chi connectivity index (χ1n) is 11.6. The fraction of sp³-hybridized carbons (Fsp3) is 0.375. The van der Waals surface area contributed by atoms with Crippen molar-refractivity contribution in [1.29, 1.82) is 0 Å². The number of amides is 2. The van der Waals surface area contributed by atoms with Crippen molar-refractivity contribution >= 4 is 33.5 Å². The van der Waals surface area contributed by atoms with Crippen LogP contribution >= 0.6 is 0 Å². The number of nitrogens with zero attached hydrogens (tertiary/aromatic N) is 6. The highest BCUT2D eigenvalue weighted by molar-refractivity contribution is 7.91. The Hall–Kier alpha value is -4.32. The minimum atomic E-state index is -3.65. The molecule has 15 heteroatoms. The zero-order valence-electron chi connectivity index (χ0n) is 21.1. The third-order valence-corrected chi connectivity index (χ3v) is 7.44. The number of pyridine rings is 1. The van der Waals surface area contributed by atoms with Gasteiger partial charge in [-0.1, -0.05) is 5.92 Å². The molecule has 0 saturated carbocycles. The lowest BCUT2D eigenvalue weighted by Crippen LogP contribution is -2.73. The lowest BCUT2D eigenvalue weighted by Gasteiger charge is -2.55. The van der Waals surface area contributed by atoms with E-state index >= 15 is 0 Å². The van der Waals surface area contributed by atoms with E-state index in [0.717, 1.165) is 19.4 Å². The molecule has 0 unspecified atom stereocenters. The van der Waals surface area contributed by atoms with Gasteiger partial charge in [0, 0.05) is 51.5 Å². The predicted molar refractivity (Wildman–Crippen MR) is 134 cm³/mol. The van der Waals surface area contributed by atoms with Gasteiger partial charge in [0.2, 0.25) is 5.91 Å².